The van der Waals surface area contributed by atoms with E-state index in [1.165, 1.54) is 30.8 Å². The Morgan fingerprint density at radius 2 is 2.50 bits per heavy atom. The molecule has 1 aromatic rings. The molecule has 0 aliphatic heterocycles. The van der Waals surface area contributed by atoms with Gasteiger partial charge in [-0.2, -0.15) is 4.37 Å². The van der Waals surface area contributed by atoms with Gasteiger partial charge in [0, 0.05) is 6.07 Å². The zero-order valence-corrected chi connectivity index (χ0v) is 8.88. The van der Waals surface area contributed by atoms with Crippen molar-refractivity contribution in [1.82, 2.24) is 4.37 Å². The molecule has 1 N–H and O–H groups in total. The number of rotatable bonds is 3. The molecule has 4 heteroatoms. The molecule has 0 aromatic carbocycles. The van der Waals surface area contributed by atoms with E-state index < -0.39 is 0 Å². The van der Waals surface area contributed by atoms with Crippen molar-refractivity contribution < 1.29 is 9.84 Å². The molecule has 3 rings (SSSR count). The largest absolute Gasteiger partial charge is 0.480 e. The Bertz CT molecular complexity index is 359. The molecule has 76 valence electrons. The molecule has 2 unspecified atom stereocenters. The molecule has 0 bridgehead atoms. The number of aliphatic hydroxyl groups excluding tert-OH is 1. The third kappa shape index (κ3) is 1.17. The predicted molar refractivity (Wildman–Crippen MR) is 53.4 cm³/mol. The summed E-state index contributed by atoms with van der Waals surface area (Å²) in [7, 11) is 1.60. The molecule has 0 saturated heterocycles. The van der Waals surface area contributed by atoms with E-state index in [2.05, 4.69) is 4.37 Å². The molecule has 0 amide bonds. The van der Waals surface area contributed by atoms with Crippen molar-refractivity contribution in [2.24, 2.45) is 11.3 Å². The van der Waals surface area contributed by atoms with Crippen LogP contribution in [0.25, 0.3) is 0 Å². The van der Waals surface area contributed by atoms with Crippen molar-refractivity contribution in [1.29, 1.82) is 0 Å². The van der Waals surface area contributed by atoms with Crippen molar-refractivity contribution in [2.45, 2.75) is 25.4 Å². The zero-order valence-electron chi connectivity index (χ0n) is 8.06. The average Bonchev–Trinajstić information content (AvgIpc) is 3.08. The van der Waals surface area contributed by atoms with Gasteiger partial charge < -0.3 is 9.84 Å². The fourth-order valence-corrected chi connectivity index (χ4v) is 3.02. The smallest absolute Gasteiger partial charge is 0.225 e. The Labute approximate surface area is 86.9 Å². The Morgan fingerprint density at radius 3 is 3.00 bits per heavy atom. The molecule has 2 aliphatic carbocycles. The monoisotopic (exact) mass is 211 g/mol. The van der Waals surface area contributed by atoms with Crippen LogP contribution in [0.1, 0.15) is 30.2 Å². The number of ether oxygens (including phenoxy) is 1. The van der Waals surface area contributed by atoms with Crippen LogP contribution < -0.4 is 4.74 Å². The van der Waals surface area contributed by atoms with Crippen LogP contribution in [0.4, 0.5) is 0 Å². The van der Waals surface area contributed by atoms with E-state index in [0.29, 0.717) is 17.2 Å². The van der Waals surface area contributed by atoms with Crippen LogP contribution in [-0.2, 0) is 0 Å². The summed E-state index contributed by atoms with van der Waals surface area (Å²) >= 11 is 1.35. The van der Waals surface area contributed by atoms with Crippen LogP contribution >= 0.6 is 11.5 Å². The van der Waals surface area contributed by atoms with Crippen LogP contribution in [0.5, 0.6) is 5.88 Å². The van der Waals surface area contributed by atoms with Gasteiger partial charge in [-0.15, -0.1) is 0 Å². The molecule has 14 heavy (non-hydrogen) atoms. The molecule has 2 fully saturated rings. The summed E-state index contributed by atoms with van der Waals surface area (Å²) in [5.74, 6) is 1.11. The third-order valence-electron chi connectivity index (χ3n) is 3.53. The fourth-order valence-electron chi connectivity index (χ4n) is 2.27. The number of nitrogens with zero attached hydrogens (tertiary/aromatic N) is 1. The second-order valence-electron chi connectivity index (χ2n) is 4.39. The van der Waals surface area contributed by atoms with E-state index >= 15 is 0 Å². The highest BCUT2D eigenvalue weighted by molar-refractivity contribution is 7.06. The van der Waals surface area contributed by atoms with Gasteiger partial charge in [0.05, 0.1) is 18.1 Å². The lowest BCUT2D eigenvalue weighted by Gasteiger charge is -2.05. The Morgan fingerprint density at radius 1 is 1.71 bits per heavy atom. The van der Waals surface area contributed by atoms with Crippen LogP contribution in [0.15, 0.2) is 6.07 Å². The summed E-state index contributed by atoms with van der Waals surface area (Å²) in [4.78, 5) is 0.954. The van der Waals surface area contributed by atoms with E-state index in [0.717, 1.165) is 4.88 Å². The predicted octanol–water partition coefficient (Wildman–Crippen LogP) is 1.99. The molecule has 1 aromatic heterocycles. The van der Waals surface area contributed by atoms with E-state index in [1.807, 2.05) is 6.07 Å². The minimum Gasteiger partial charge on any atom is -0.480 e. The molecular weight excluding hydrogens is 198 g/mol. The third-order valence-corrected chi connectivity index (χ3v) is 4.38. The number of methoxy groups -OCH3 is 1. The second-order valence-corrected chi connectivity index (χ2v) is 5.23. The zero-order chi connectivity index (χ0) is 9.76. The average molecular weight is 211 g/mol. The van der Waals surface area contributed by atoms with Gasteiger partial charge in [-0.05, 0) is 42.1 Å². The van der Waals surface area contributed by atoms with Crippen molar-refractivity contribution in [3.8, 4) is 5.88 Å². The van der Waals surface area contributed by atoms with E-state index in [4.69, 9.17) is 4.74 Å². The number of hydrogen-bond donors (Lipinski definition) is 1. The number of aromatic nitrogens is 1. The van der Waals surface area contributed by atoms with E-state index in [-0.39, 0.29) is 6.10 Å². The highest BCUT2D eigenvalue weighted by atomic mass is 32.1. The molecule has 1 heterocycles. The minimum absolute atomic E-state index is 0.307. The Balaban J connectivity index is 1.75. The maximum Gasteiger partial charge on any atom is 0.225 e. The van der Waals surface area contributed by atoms with E-state index in [9.17, 15) is 5.11 Å². The summed E-state index contributed by atoms with van der Waals surface area (Å²) in [5.41, 5.74) is 0.538. The normalized spacial score (nSPS) is 28.9. The highest BCUT2D eigenvalue weighted by Gasteiger charge is 2.65. The molecule has 1 spiro atoms. The van der Waals surface area contributed by atoms with Gasteiger partial charge in [-0.25, -0.2) is 0 Å². The summed E-state index contributed by atoms with van der Waals surface area (Å²) in [6.45, 7) is 0. The van der Waals surface area contributed by atoms with Crippen LogP contribution in [-0.4, -0.2) is 16.6 Å². The number of aliphatic hydroxyl groups is 1. The van der Waals surface area contributed by atoms with Gasteiger partial charge in [0.25, 0.3) is 0 Å². The fraction of sp³-hybridized carbons (Fsp3) is 0.700. The van der Waals surface area contributed by atoms with Crippen LogP contribution in [0, 0.1) is 11.3 Å². The van der Waals surface area contributed by atoms with Gasteiger partial charge in [-0.3, -0.25) is 0 Å². The summed E-state index contributed by atoms with van der Waals surface area (Å²) in [5, 5.41) is 10.1. The van der Waals surface area contributed by atoms with Crippen molar-refractivity contribution in [2.75, 3.05) is 7.11 Å². The minimum atomic E-state index is -0.307. The van der Waals surface area contributed by atoms with E-state index in [1.54, 1.807) is 7.11 Å². The first-order valence-corrected chi connectivity index (χ1v) is 5.71. The van der Waals surface area contributed by atoms with Crippen LogP contribution in [0.2, 0.25) is 0 Å². The lowest BCUT2D eigenvalue weighted by atomic mass is 10.1. The lowest BCUT2D eigenvalue weighted by Crippen LogP contribution is -1.98. The second kappa shape index (κ2) is 2.70. The first-order valence-electron chi connectivity index (χ1n) is 4.94. The van der Waals surface area contributed by atoms with Gasteiger partial charge in [0.1, 0.15) is 0 Å². The molecule has 2 saturated carbocycles. The first-order chi connectivity index (χ1) is 6.75. The van der Waals surface area contributed by atoms with Gasteiger partial charge in [0.2, 0.25) is 5.88 Å². The standard InChI is InChI=1S/C10H13NO2S/c1-13-8-4-7(14-11-8)9(12)6-5-10(6)2-3-10/h4,6,9,12H,2-3,5H2,1H3. The Kier molecular flexibility index (Phi) is 1.67. The Hall–Kier alpha value is -0.610. The first kappa shape index (κ1) is 8.68. The molecular formula is C10H13NO2S. The van der Waals surface area contributed by atoms with Crippen LogP contribution in [0.3, 0.4) is 0 Å². The van der Waals surface area contributed by atoms with Crippen molar-refractivity contribution in [3.05, 3.63) is 10.9 Å². The molecule has 3 nitrogen and oxygen atoms in total. The summed E-state index contributed by atoms with van der Waals surface area (Å²) < 4.78 is 9.09. The summed E-state index contributed by atoms with van der Waals surface area (Å²) in [6.07, 6.45) is 3.52. The SMILES string of the molecule is COc1cc(C(O)C2CC23CC3)sn1. The van der Waals surface area contributed by atoms with Gasteiger partial charge >= 0.3 is 0 Å². The quantitative estimate of drug-likeness (QED) is 0.831. The lowest BCUT2D eigenvalue weighted by molar-refractivity contribution is 0.148. The van der Waals surface area contributed by atoms with Gasteiger partial charge in [-0.1, -0.05) is 0 Å². The number of hydrogen-bond acceptors (Lipinski definition) is 4. The maximum absolute atomic E-state index is 10.1. The van der Waals surface area contributed by atoms with Gasteiger partial charge in [0.15, 0.2) is 0 Å². The summed E-state index contributed by atoms with van der Waals surface area (Å²) in [6, 6.07) is 1.85. The molecule has 2 aliphatic rings. The van der Waals surface area contributed by atoms with Crippen molar-refractivity contribution >= 4 is 11.5 Å². The molecule has 0 radical (unpaired) electrons. The topological polar surface area (TPSA) is 42.4 Å². The highest BCUT2D eigenvalue weighted by Crippen LogP contribution is 2.73. The maximum atomic E-state index is 10.1. The molecule has 2 atom stereocenters. The van der Waals surface area contributed by atoms with Crippen molar-refractivity contribution in [3.63, 3.8) is 0 Å².